The molecule has 1 aliphatic carbocycles. The number of hydrogen-bond donors (Lipinski definition) is 2. The molecule has 0 spiro atoms. The predicted molar refractivity (Wildman–Crippen MR) is 127 cm³/mol. The molecule has 0 bridgehead atoms. The molecule has 1 saturated carbocycles. The van der Waals surface area contributed by atoms with Crippen molar-refractivity contribution in [1.82, 2.24) is 30.3 Å². The molecule has 9 nitrogen and oxygen atoms in total. The highest BCUT2D eigenvalue weighted by Crippen LogP contribution is 2.18. The topological polar surface area (TPSA) is 96.7 Å². The summed E-state index contributed by atoms with van der Waals surface area (Å²) in [6.45, 7) is 9.27. The fourth-order valence-corrected chi connectivity index (χ4v) is 3.55. The first-order chi connectivity index (χ1) is 13.7. The van der Waals surface area contributed by atoms with Crippen LogP contribution in [0, 0.1) is 6.92 Å². The number of hydrogen-bond acceptors (Lipinski definition) is 5. The van der Waals surface area contributed by atoms with Gasteiger partial charge in [0.2, 0.25) is 0 Å². The van der Waals surface area contributed by atoms with E-state index in [4.69, 9.17) is 9.73 Å². The fourth-order valence-electron chi connectivity index (χ4n) is 3.55. The smallest absolute Gasteiger partial charge is 0.410 e. The van der Waals surface area contributed by atoms with Crippen LogP contribution in [0.3, 0.4) is 0 Å². The van der Waals surface area contributed by atoms with Crippen LogP contribution in [0.2, 0.25) is 0 Å². The van der Waals surface area contributed by atoms with Gasteiger partial charge in [-0.2, -0.15) is 0 Å². The summed E-state index contributed by atoms with van der Waals surface area (Å²) in [4.78, 5) is 18.6. The number of carbonyl (C=O) groups is 1. The number of nitrogens with one attached hydrogen (secondary N) is 2. The number of carbonyl (C=O) groups excluding carboxylic acids is 1. The Labute approximate surface area is 196 Å². The van der Waals surface area contributed by atoms with Crippen LogP contribution in [0.15, 0.2) is 4.99 Å². The largest absolute Gasteiger partial charge is 0.444 e. The second-order valence-electron chi connectivity index (χ2n) is 9.09. The zero-order valence-electron chi connectivity index (χ0n) is 18.8. The zero-order chi connectivity index (χ0) is 21.0. The molecule has 10 heteroatoms. The van der Waals surface area contributed by atoms with Gasteiger partial charge in [-0.15, -0.1) is 34.2 Å². The SMILES string of the molecule is Cc1nnc(CN=C(NC2CCCCC2)NC2CN(C(=O)OC(C)(C)C)C2)n1C.I. The minimum Gasteiger partial charge on any atom is -0.444 e. The number of ether oxygens (including phenoxy) is 1. The standard InChI is InChI=1S/C20H35N7O2.HI/c1-14-24-25-17(26(14)5)11-21-18(22-15-9-7-6-8-10-15)23-16-12-27(13-16)19(28)29-20(2,3)4;/h15-16H,6-13H2,1-5H3,(H2,21,22,23);1H. The third kappa shape index (κ3) is 6.98. The summed E-state index contributed by atoms with van der Waals surface area (Å²) >= 11 is 0. The lowest BCUT2D eigenvalue weighted by molar-refractivity contribution is 0.00698. The highest BCUT2D eigenvalue weighted by molar-refractivity contribution is 14.0. The molecule has 30 heavy (non-hydrogen) atoms. The molecule has 1 amide bonds. The summed E-state index contributed by atoms with van der Waals surface area (Å²) in [6.07, 6.45) is 5.89. The average molecular weight is 533 g/mol. The van der Waals surface area contributed by atoms with E-state index in [0.717, 1.165) is 17.6 Å². The molecular formula is C20H36IN7O2. The number of nitrogens with zero attached hydrogens (tertiary/aromatic N) is 5. The molecule has 1 aromatic rings. The lowest BCUT2D eigenvalue weighted by Gasteiger charge is -2.41. The van der Waals surface area contributed by atoms with Crippen molar-refractivity contribution in [2.75, 3.05) is 13.1 Å². The second kappa shape index (κ2) is 10.6. The van der Waals surface area contributed by atoms with Gasteiger partial charge < -0.3 is 24.8 Å². The Bertz CT molecular complexity index is 732. The van der Waals surface area contributed by atoms with E-state index >= 15 is 0 Å². The molecule has 170 valence electrons. The van der Waals surface area contributed by atoms with Crippen molar-refractivity contribution >= 4 is 36.0 Å². The van der Waals surface area contributed by atoms with Gasteiger partial charge in [0.05, 0.1) is 6.04 Å². The summed E-state index contributed by atoms with van der Waals surface area (Å²) in [5, 5.41) is 15.4. The van der Waals surface area contributed by atoms with E-state index in [0.29, 0.717) is 25.7 Å². The van der Waals surface area contributed by atoms with Gasteiger partial charge in [-0.25, -0.2) is 9.79 Å². The number of rotatable bonds is 4. The zero-order valence-corrected chi connectivity index (χ0v) is 21.1. The summed E-state index contributed by atoms with van der Waals surface area (Å²) in [5.41, 5.74) is -0.473. The monoisotopic (exact) mass is 533 g/mol. The van der Waals surface area contributed by atoms with E-state index < -0.39 is 5.60 Å². The van der Waals surface area contributed by atoms with Gasteiger partial charge in [0.1, 0.15) is 18.0 Å². The maximum absolute atomic E-state index is 12.2. The van der Waals surface area contributed by atoms with Crippen LogP contribution in [0.5, 0.6) is 0 Å². The van der Waals surface area contributed by atoms with Crippen LogP contribution in [-0.2, 0) is 18.3 Å². The van der Waals surface area contributed by atoms with E-state index in [-0.39, 0.29) is 36.1 Å². The Morgan fingerprint density at radius 1 is 1.13 bits per heavy atom. The summed E-state index contributed by atoms with van der Waals surface area (Å²) in [5.74, 6) is 2.49. The van der Waals surface area contributed by atoms with Crippen molar-refractivity contribution in [2.24, 2.45) is 12.0 Å². The molecule has 2 N–H and O–H groups in total. The molecule has 0 radical (unpaired) electrons. The van der Waals surface area contributed by atoms with Gasteiger partial charge in [0.15, 0.2) is 11.8 Å². The number of aryl methyl sites for hydroxylation is 1. The highest BCUT2D eigenvalue weighted by Gasteiger charge is 2.34. The molecule has 0 atom stereocenters. The number of aromatic nitrogens is 3. The number of aliphatic imine (C=N–C) groups is 1. The van der Waals surface area contributed by atoms with Crippen molar-refractivity contribution in [3.05, 3.63) is 11.6 Å². The van der Waals surface area contributed by atoms with E-state index in [1.165, 1.54) is 32.1 Å². The minimum atomic E-state index is -0.473. The second-order valence-corrected chi connectivity index (χ2v) is 9.09. The van der Waals surface area contributed by atoms with Gasteiger partial charge in [0.25, 0.3) is 0 Å². The maximum Gasteiger partial charge on any atom is 0.410 e. The van der Waals surface area contributed by atoms with Crippen LogP contribution < -0.4 is 10.6 Å². The first-order valence-electron chi connectivity index (χ1n) is 10.6. The quantitative estimate of drug-likeness (QED) is 0.351. The Morgan fingerprint density at radius 3 is 2.33 bits per heavy atom. The molecule has 0 aromatic carbocycles. The molecule has 1 aliphatic heterocycles. The van der Waals surface area contributed by atoms with E-state index in [1.807, 2.05) is 39.3 Å². The van der Waals surface area contributed by atoms with E-state index in [2.05, 4.69) is 20.8 Å². The Kier molecular flexibility index (Phi) is 8.74. The molecule has 1 aromatic heterocycles. The third-order valence-corrected chi connectivity index (χ3v) is 5.38. The summed E-state index contributed by atoms with van der Waals surface area (Å²) in [7, 11) is 1.95. The van der Waals surface area contributed by atoms with Crippen LogP contribution in [0.25, 0.3) is 0 Å². The maximum atomic E-state index is 12.2. The van der Waals surface area contributed by atoms with E-state index in [1.54, 1.807) is 4.90 Å². The van der Waals surface area contributed by atoms with E-state index in [9.17, 15) is 4.79 Å². The minimum absolute atomic E-state index is 0. The predicted octanol–water partition coefficient (Wildman–Crippen LogP) is 2.73. The number of amides is 1. The lowest BCUT2D eigenvalue weighted by Crippen LogP contribution is -2.63. The summed E-state index contributed by atoms with van der Waals surface area (Å²) in [6, 6.07) is 0.608. The first kappa shape index (κ1) is 24.7. The number of guanidine groups is 1. The Hall–Kier alpha value is -1.59. The van der Waals surface area contributed by atoms with Gasteiger partial charge in [-0.1, -0.05) is 19.3 Å². The molecule has 2 aliphatic rings. The van der Waals surface area contributed by atoms with Gasteiger partial charge >= 0.3 is 6.09 Å². The number of likely N-dealkylation sites (tertiary alicyclic amines) is 1. The van der Waals surface area contributed by atoms with Crippen molar-refractivity contribution in [1.29, 1.82) is 0 Å². The fraction of sp³-hybridized carbons (Fsp3) is 0.800. The molecule has 0 unspecified atom stereocenters. The van der Waals surface area contributed by atoms with Gasteiger partial charge in [0, 0.05) is 26.2 Å². The molecule has 2 heterocycles. The van der Waals surface area contributed by atoms with Gasteiger partial charge in [-0.3, -0.25) is 0 Å². The van der Waals surface area contributed by atoms with Crippen molar-refractivity contribution in [3.63, 3.8) is 0 Å². The Morgan fingerprint density at radius 2 is 1.77 bits per heavy atom. The average Bonchev–Trinajstić information content (AvgIpc) is 2.93. The lowest BCUT2D eigenvalue weighted by atomic mass is 9.96. The van der Waals surface area contributed by atoms with Crippen molar-refractivity contribution < 1.29 is 9.53 Å². The van der Waals surface area contributed by atoms with Crippen molar-refractivity contribution in [3.8, 4) is 0 Å². The first-order valence-corrected chi connectivity index (χ1v) is 10.6. The highest BCUT2D eigenvalue weighted by atomic mass is 127. The van der Waals surface area contributed by atoms with Crippen LogP contribution in [-0.4, -0.2) is 62.5 Å². The molecular weight excluding hydrogens is 497 g/mol. The normalized spacial score (nSPS) is 18.4. The van der Waals surface area contributed by atoms with Gasteiger partial charge in [-0.05, 0) is 40.5 Å². The van der Waals surface area contributed by atoms with Crippen LogP contribution in [0.1, 0.15) is 64.5 Å². The van der Waals surface area contributed by atoms with Crippen molar-refractivity contribution in [2.45, 2.75) is 84.0 Å². The third-order valence-electron chi connectivity index (χ3n) is 5.38. The van der Waals surface area contributed by atoms with Crippen LogP contribution >= 0.6 is 24.0 Å². The summed E-state index contributed by atoms with van der Waals surface area (Å²) < 4.78 is 7.39. The molecule has 1 saturated heterocycles. The van der Waals surface area contributed by atoms with Crippen LogP contribution in [0.4, 0.5) is 4.79 Å². The Balaban J connectivity index is 0.00000320. The molecule has 2 fully saturated rings. The number of halogens is 1. The molecule has 3 rings (SSSR count).